The van der Waals surface area contributed by atoms with Crippen LogP contribution in [0.5, 0.6) is 5.88 Å². The summed E-state index contributed by atoms with van der Waals surface area (Å²) in [5.41, 5.74) is 7.80. The monoisotopic (exact) mass is 272 g/mol. The minimum absolute atomic E-state index is 0.573. The number of hydrogen-bond donors (Lipinski definition) is 1. The van der Waals surface area contributed by atoms with Gasteiger partial charge in [-0.1, -0.05) is 6.42 Å². The molecule has 2 aliphatic carbocycles. The van der Waals surface area contributed by atoms with Gasteiger partial charge in [0.1, 0.15) is 5.52 Å². The summed E-state index contributed by atoms with van der Waals surface area (Å²) in [5.74, 6) is 3.75. The largest absolute Gasteiger partial charge is 0.481 e. The Kier molecular flexibility index (Phi) is 2.62. The fourth-order valence-corrected chi connectivity index (χ4v) is 4.13. The third-order valence-corrected chi connectivity index (χ3v) is 5.11. The number of nitrogens with zero attached hydrogens (tertiary/aromatic N) is 3. The second-order valence-electron chi connectivity index (χ2n) is 6.21. The number of nitrogen functional groups attached to an aromatic ring is 1. The van der Waals surface area contributed by atoms with Gasteiger partial charge >= 0.3 is 0 Å². The van der Waals surface area contributed by atoms with Crippen molar-refractivity contribution in [3.8, 4) is 5.88 Å². The van der Waals surface area contributed by atoms with Crippen LogP contribution in [0.4, 0.5) is 5.95 Å². The number of ether oxygens (including phenoxy) is 1. The maximum atomic E-state index is 6.09. The summed E-state index contributed by atoms with van der Waals surface area (Å²) in [6, 6.07) is 3.76. The Morgan fingerprint density at radius 3 is 2.90 bits per heavy atom. The van der Waals surface area contributed by atoms with Crippen molar-refractivity contribution in [2.24, 2.45) is 17.8 Å². The van der Waals surface area contributed by atoms with Crippen LogP contribution in [0.2, 0.25) is 0 Å². The molecule has 5 heteroatoms. The van der Waals surface area contributed by atoms with E-state index in [0.717, 1.165) is 35.5 Å². The van der Waals surface area contributed by atoms with Crippen molar-refractivity contribution in [3.63, 3.8) is 0 Å². The highest BCUT2D eigenvalue weighted by Gasteiger charge is 2.39. The molecule has 0 radical (unpaired) electrons. The van der Waals surface area contributed by atoms with Crippen LogP contribution in [0.1, 0.15) is 25.7 Å². The highest BCUT2D eigenvalue weighted by Crippen LogP contribution is 2.49. The van der Waals surface area contributed by atoms with E-state index in [1.54, 1.807) is 7.11 Å². The number of imidazole rings is 1. The van der Waals surface area contributed by atoms with E-state index in [2.05, 4.69) is 14.5 Å². The summed E-state index contributed by atoms with van der Waals surface area (Å²) < 4.78 is 7.29. The molecule has 2 bridgehead atoms. The molecule has 0 aromatic carbocycles. The van der Waals surface area contributed by atoms with Crippen LogP contribution in [0, 0.1) is 17.8 Å². The Balaban J connectivity index is 1.69. The van der Waals surface area contributed by atoms with Crippen LogP contribution in [-0.4, -0.2) is 21.6 Å². The first-order valence-corrected chi connectivity index (χ1v) is 7.41. The Hall–Kier alpha value is -1.78. The zero-order chi connectivity index (χ0) is 13.7. The van der Waals surface area contributed by atoms with E-state index < -0.39 is 0 Å². The zero-order valence-electron chi connectivity index (χ0n) is 11.7. The van der Waals surface area contributed by atoms with Gasteiger partial charge in [0.05, 0.1) is 7.11 Å². The van der Waals surface area contributed by atoms with Crippen molar-refractivity contribution in [1.82, 2.24) is 14.5 Å². The molecule has 3 unspecified atom stereocenters. The second-order valence-corrected chi connectivity index (χ2v) is 6.21. The number of aromatic nitrogens is 3. The summed E-state index contributed by atoms with van der Waals surface area (Å²) in [7, 11) is 1.63. The van der Waals surface area contributed by atoms with Crippen LogP contribution < -0.4 is 10.5 Å². The number of hydrogen-bond acceptors (Lipinski definition) is 4. The lowest BCUT2D eigenvalue weighted by Gasteiger charge is -2.22. The van der Waals surface area contributed by atoms with Gasteiger partial charge in [-0.15, -0.1) is 0 Å². The quantitative estimate of drug-likeness (QED) is 0.932. The molecule has 5 nitrogen and oxygen atoms in total. The van der Waals surface area contributed by atoms with Crippen LogP contribution >= 0.6 is 0 Å². The fourth-order valence-electron chi connectivity index (χ4n) is 4.13. The number of pyridine rings is 1. The molecule has 4 rings (SSSR count). The van der Waals surface area contributed by atoms with E-state index in [4.69, 9.17) is 10.5 Å². The van der Waals surface area contributed by atoms with Gasteiger partial charge in [-0.2, -0.15) is 4.98 Å². The SMILES string of the molecule is COc1ccc2nc(N)n(CC3CC4CCC3C4)c2n1. The molecule has 2 heterocycles. The lowest BCUT2D eigenvalue weighted by Crippen LogP contribution is -2.18. The first kappa shape index (κ1) is 12.0. The molecule has 2 fully saturated rings. The van der Waals surface area contributed by atoms with Gasteiger partial charge in [-0.05, 0) is 43.1 Å². The predicted octanol–water partition coefficient (Wildman–Crippen LogP) is 2.46. The zero-order valence-corrected chi connectivity index (χ0v) is 11.7. The molecule has 106 valence electrons. The van der Waals surface area contributed by atoms with Crippen LogP contribution in [-0.2, 0) is 6.54 Å². The molecule has 0 aliphatic heterocycles. The van der Waals surface area contributed by atoms with Crippen LogP contribution in [0.25, 0.3) is 11.2 Å². The molecule has 20 heavy (non-hydrogen) atoms. The summed E-state index contributed by atoms with van der Waals surface area (Å²) >= 11 is 0. The highest BCUT2D eigenvalue weighted by atomic mass is 16.5. The Labute approximate surface area is 118 Å². The third kappa shape index (κ3) is 1.76. The van der Waals surface area contributed by atoms with E-state index in [9.17, 15) is 0 Å². The van der Waals surface area contributed by atoms with E-state index in [0.29, 0.717) is 11.8 Å². The predicted molar refractivity (Wildman–Crippen MR) is 77.4 cm³/mol. The van der Waals surface area contributed by atoms with Gasteiger partial charge in [0, 0.05) is 12.6 Å². The molecule has 3 atom stereocenters. The van der Waals surface area contributed by atoms with Crippen molar-refractivity contribution in [2.45, 2.75) is 32.2 Å². The van der Waals surface area contributed by atoms with Gasteiger partial charge in [0.2, 0.25) is 11.8 Å². The molecule has 2 aromatic heterocycles. The van der Waals surface area contributed by atoms with Gasteiger partial charge in [-0.25, -0.2) is 4.98 Å². The van der Waals surface area contributed by atoms with Gasteiger partial charge < -0.3 is 10.5 Å². The Morgan fingerprint density at radius 2 is 2.20 bits per heavy atom. The minimum Gasteiger partial charge on any atom is -0.481 e. The van der Waals surface area contributed by atoms with Crippen LogP contribution in [0.3, 0.4) is 0 Å². The Bertz CT molecular complexity index is 651. The number of fused-ring (bicyclic) bond motifs is 3. The normalized spacial score (nSPS) is 28.4. The molecule has 2 saturated carbocycles. The lowest BCUT2D eigenvalue weighted by atomic mass is 9.89. The van der Waals surface area contributed by atoms with Crippen molar-refractivity contribution >= 4 is 17.1 Å². The van der Waals surface area contributed by atoms with E-state index in [1.165, 1.54) is 25.7 Å². The topological polar surface area (TPSA) is 66.0 Å². The summed E-state index contributed by atoms with van der Waals surface area (Å²) in [6.45, 7) is 0.948. The first-order chi connectivity index (χ1) is 9.74. The molecule has 2 N–H and O–H groups in total. The van der Waals surface area contributed by atoms with Crippen LogP contribution in [0.15, 0.2) is 12.1 Å². The molecule has 2 aromatic rings. The number of anilines is 1. The highest BCUT2D eigenvalue weighted by molar-refractivity contribution is 5.74. The summed E-state index contributed by atoms with van der Waals surface area (Å²) in [4.78, 5) is 8.93. The average Bonchev–Trinajstić information content (AvgIpc) is 3.14. The van der Waals surface area contributed by atoms with Crippen molar-refractivity contribution in [2.75, 3.05) is 12.8 Å². The average molecular weight is 272 g/mol. The Morgan fingerprint density at radius 1 is 1.30 bits per heavy atom. The lowest BCUT2D eigenvalue weighted by molar-refractivity contribution is 0.299. The van der Waals surface area contributed by atoms with E-state index in [1.807, 2.05) is 12.1 Å². The number of nitrogens with two attached hydrogens (primary N) is 1. The van der Waals surface area contributed by atoms with Crippen molar-refractivity contribution in [3.05, 3.63) is 12.1 Å². The maximum absolute atomic E-state index is 6.09. The standard InChI is InChI=1S/C15H20N4O/c1-20-13-5-4-12-14(18-13)19(15(16)17-12)8-11-7-9-2-3-10(11)6-9/h4-5,9-11H,2-3,6-8H2,1H3,(H2,16,17). The molecular weight excluding hydrogens is 252 g/mol. The molecule has 0 saturated heterocycles. The molecule has 2 aliphatic rings. The maximum Gasteiger partial charge on any atom is 0.215 e. The molecule has 0 amide bonds. The molecule has 0 spiro atoms. The van der Waals surface area contributed by atoms with Gasteiger partial charge in [0.15, 0.2) is 5.65 Å². The van der Waals surface area contributed by atoms with Gasteiger partial charge in [0.25, 0.3) is 0 Å². The van der Waals surface area contributed by atoms with E-state index in [-0.39, 0.29) is 0 Å². The third-order valence-electron chi connectivity index (χ3n) is 5.11. The first-order valence-electron chi connectivity index (χ1n) is 7.41. The number of rotatable bonds is 3. The second kappa shape index (κ2) is 4.36. The van der Waals surface area contributed by atoms with Crippen molar-refractivity contribution < 1.29 is 4.74 Å². The summed E-state index contributed by atoms with van der Waals surface area (Å²) in [5, 5.41) is 0. The molecular formula is C15H20N4O. The minimum atomic E-state index is 0.573. The van der Waals surface area contributed by atoms with Crippen molar-refractivity contribution in [1.29, 1.82) is 0 Å². The van der Waals surface area contributed by atoms with E-state index >= 15 is 0 Å². The number of methoxy groups -OCH3 is 1. The van der Waals surface area contributed by atoms with Gasteiger partial charge in [-0.3, -0.25) is 4.57 Å². The fraction of sp³-hybridized carbons (Fsp3) is 0.600. The smallest absolute Gasteiger partial charge is 0.215 e. The summed E-state index contributed by atoms with van der Waals surface area (Å²) in [6.07, 6.45) is 5.56.